The minimum atomic E-state index is -0.197. The van der Waals surface area contributed by atoms with Crippen LogP contribution in [-0.2, 0) is 11.3 Å². The van der Waals surface area contributed by atoms with Gasteiger partial charge in [-0.25, -0.2) is 14.3 Å². The fourth-order valence-corrected chi connectivity index (χ4v) is 6.02. The van der Waals surface area contributed by atoms with E-state index in [1.807, 2.05) is 67.8 Å². The number of amides is 1. The number of rotatable bonds is 13. The zero-order valence-corrected chi connectivity index (χ0v) is 28.5. The summed E-state index contributed by atoms with van der Waals surface area (Å²) in [4.78, 5) is 27.2. The zero-order chi connectivity index (χ0) is 31.1. The first-order chi connectivity index (χ1) is 21.3. The van der Waals surface area contributed by atoms with Gasteiger partial charge in [0.05, 0.1) is 34.7 Å². The molecule has 0 aliphatic carbocycles. The lowest BCUT2D eigenvalue weighted by molar-refractivity contribution is -0.0428. The fraction of sp³-hybridized carbons (Fsp3) is 0.412. The van der Waals surface area contributed by atoms with E-state index in [0.29, 0.717) is 17.2 Å². The molecule has 0 spiro atoms. The predicted molar refractivity (Wildman–Crippen MR) is 188 cm³/mol. The summed E-state index contributed by atoms with van der Waals surface area (Å²) in [5.41, 5.74) is 4.59. The highest BCUT2D eigenvalue weighted by molar-refractivity contribution is 7.92. The van der Waals surface area contributed by atoms with Crippen LogP contribution in [0.25, 0.3) is 22.3 Å². The van der Waals surface area contributed by atoms with Crippen molar-refractivity contribution in [3.63, 3.8) is 0 Å². The molecule has 2 unspecified atom stereocenters. The summed E-state index contributed by atoms with van der Waals surface area (Å²) in [5.74, 6) is 1.77. The largest absolute Gasteiger partial charge is 0.409 e. The number of anilines is 1. The van der Waals surface area contributed by atoms with Crippen LogP contribution in [0.1, 0.15) is 61.1 Å². The molecule has 0 radical (unpaired) electrons. The molecule has 2 atom stereocenters. The minimum absolute atomic E-state index is 0. The number of hydrogen-bond donors (Lipinski definition) is 2. The molecule has 3 aromatic heterocycles. The maximum absolute atomic E-state index is 12.9. The smallest absolute Gasteiger partial charge is 0.251 e. The monoisotopic (exact) mass is 648 g/mol. The second-order valence-electron chi connectivity index (χ2n) is 11.6. The number of pyridine rings is 3. The lowest BCUT2D eigenvalue weighted by atomic mass is 9.82. The van der Waals surface area contributed by atoms with Gasteiger partial charge in [0.25, 0.3) is 5.91 Å². The quantitative estimate of drug-likeness (QED) is 0.118. The second-order valence-corrected chi connectivity index (χ2v) is 12.6. The molecule has 240 valence electrons. The van der Waals surface area contributed by atoms with Gasteiger partial charge < -0.3 is 19.6 Å². The van der Waals surface area contributed by atoms with Crippen LogP contribution in [-0.4, -0.2) is 58.0 Å². The van der Waals surface area contributed by atoms with E-state index in [4.69, 9.17) is 18.9 Å². The Bertz CT molecular complexity index is 1600. The van der Waals surface area contributed by atoms with Gasteiger partial charge in [0.2, 0.25) is 0 Å². The van der Waals surface area contributed by atoms with E-state index in [1.165, 1.54) is 12.2 Å². The lowest BCUT2D eigenvalue weighted by Gasteiger charge is -2.34. The van der Waals surface area contributed by atoms with Gasteiger partial charge in [-0.05, 0) is 86.6 Å². The van der Waals surface area contributed by atoms with Crippen LogP contribution < -0.4 is 14.8 Å². The molecule has 5 rings (SSSR count). The molecule has 0 bridgehead atoms. The number of aromatic nitrogens is 3. The Balaban J connectivity index is 0.00000461. The van der Waals surface area contributed by atoms with E-state index >= 15 is 0 Å². The Morgan fingerprint density at radius 3 is 2.71 bits per heavy atom. The van der Waals surface area contributed by atoms with Crippen LogP contribution in [0.2, 0.25) is 0 Å². The van der Waals surface area contributed by atoms with Gasteiger partial charge in [-0.2, -0.15) is 13.5 Å². The lowest BCUT2D eigenvalue weighted by Crippen LogP contribution is -2.36. The topological polar surface area (TPSA) is 102 Å². The maximum atomic E-state index is 12.9. The molecule has 1 fully saturated rings. The molecule has 1 saturated heterocycles. The van der Waals surface area contributed by atoms with Crippen molar-refractivity contribution in [2.75, 3.05) is 32.6 Å². The van der Waals surface area contributed by atoms with Crippen molar-refractivity contribution in [3.05, 3.63) is 77.6 Å². The average molecular weight is 649 g/mol. The Morgan fingerprint density at radius 2 is 1.96 bits per heavy atom. The first-order valence-electron chi connectivity index (χ1n) is 15.3. The van der Waals surface area contributed by atoms with Gasteiger partial charge in [0, 0.05) is 44.4 Å². The highest BCUT2D eigenvalue weighted by Gasteiger charge is 2.38. The Labute approximate surface area is 277 Å². The Kier molecular flexibility index (Phi) is 12.1. The summed E-state index contributed by atoms with van der Waals surface area (Å²) in [6, 6.07) is 17.3. The molecular formula is C34H44N6O3S2. The Morgan fingerprint density at radius 1 is 1.13 bits per heavy atom. The van der Waals surface area contributed by atoms with Gasteiger partial charge in [0.15, 0.2) is 0 Å². The van der Waals surface area contributed by atoms with E-state index in [0.717, 1.165) is 78.2 Å². The molecule has 1 aliphatic heterocycles. The summed E-state index contributed by atoms with van der Waals surface area (Å²) in [6.07, 6.45) is 6.16. The summed E-state index contributed by atoms with van der Waals surface area (Å²) in [6.45, 7) is 8.47. The number of hydrogen-bond acceptors (Lipinski definition) is 9. The van der Waals surface area contributed by atoms with Gasteiger partial charge in [0.1, 0.15) is 23.8 Å². The molecule has 1 amide bonds. The van der Waals surface area contributed by atoms with Gasteiger partial charge in [-0.3, -0.25) is 9.78 Å². The Hall–Kier alpha value is -3.38. The second kappa shape index (κ2) is 15.8. The van der Waals surface area contributed by atoms with E-state index in [9.17, 15) is 4.79 Å². The average Bonchev–Trinajstić information content (AvgIpc) is 3.53. The number of ether oxygens (including phenoxy) is 1. The van der Waals surface area contributed by atoms with E-state index in [-0.39, 0.29) is 31.5 Å². The van der Waals surface area contributed by atoms with Crippen LogP contribution in [0, 0.1) is 12.8 Å². The molecule has 4 aromatic rings. The molecule has 11 heteroatoms. The normalized spacial score (nSPS) is 16.8. The van der Waals surface area contributed by atoms with Crippen molar-refractivity contribution in [3.8, 4) is 17.1 Å². The van der Waals surface area contributed by atoms with Crippen molar-refractivity contribution >= 4 is 48.4 Å². The minimum Gasteiger partial charge on any atom is -0.409 e. The van der Waals surface area contributed by atoms with Crippen LogP contribution in [0.3, 0.4) is 0 Å². The fourth-order valence-electron chi connectivity index (χ4n) is 5.61. The molecule has 1 aliphatic rings. The molecule has 0 saturated carbocycles. The summed E-state index contributed by atoms with van der Waals surface area (Å²) < 4.78 is 13.7. The first-order valence-corrected chi connectivity index (χ1v) is 16.0. The maximum Gasteiger partial charge on any atom is 0.251 e. The number of benzene rings is 1. The molecule has 45 heavy (non-hydrogen) atoms. The number of nitrogens with zero attached hydrogens (tertiary/aromatic N) is 4. The van der Waals surface area contributed by atoms with Crippen molar-refractivity contribution in [1.29, 1.82) is 0 Å². The third-order valence-electron chi connectivity index (χ3n) is 8.31. The van der Waals surface area contributed by atoms with E-state index < -0.39 is 0 Å². The van der Waals surface area contributed by atoms with Crippen molar-refractivity contribution in [1.82, 2.24) is 24.6 Å². The van der Waals surface area contributed by atoms with E-state index in [1.54, 1.807) is 18.3 Å². The van der Waals surface area contributed by atoms with Crippen molar-refractivity contribution in [2.45, 2.75) is 58.6 Å². The SMILES string of the molecule is CCC1(C(C)CCNc2cccc(-c3ccc4cnc(CNC(=O)c5ccc(C)c(OSN(C)C)c5)cc4n3)n2)CCCO1.S. The number of carbonyl (C=O) groups excluding carboxylic acids is 1. The van der Waals surface area contributed by atoms with Crippen molar-refractivity contribution in [2.24, 2.45) is 5.92 Å². The molecule has 4 heterocycles. The summed E-state index contributed by atoms with van der Waals surface area (Å²) in [7, 11) is 3.79. The van der Waals surface area contributed by atoms with Crippen LogP contribution >= 0.6 is 25.7 Å². The van der Waals surface area contributed by atoms with E-state index in [2.05, 4.69) is 29.5 Å². The molecule has 2 N–H and O–H groups in total. The highest BCUT2D eigenvalue weighted by Crippen LogP contribution is 2.37. The number of nitrogens with one attached hydrogen (secondary N) is 2. The summed E-state index contributed by atoms with van der Waals surface area (Å²) in [5, 5.41) is 7.39. The van der Waals surface area contributed by atoms with Gasteiger partial charge >= 0.3 is 0 Å². The molecular weight excluding hydrogens is 605 g/mol. The third kappa shape index (κ3) is 8.66. The van der Waals surface area contributed by atoms with Crippen molar-refractivity contribution < 1.29 is 13.7 Å². The first kappa shape index (κ1) is 34.5. The van der Waals surface area contributed by atoms with Gasteiger partial charge in [-0.15, -0.1) is 0 Å². The number of aryl methyl sites for hydroxylation is 1. The van der Waals surface area contributed by atoms with Crippen LogP contribution in [0.5, 0.6) is 5.75 Å². The van der Waals surface area contributed by atoms with Crippen LogP contribution in [0.4, 0.5) is 5.82 Å². The molecule has 9 nitrogen and oxygen atoms in total. The van der Waals surface area contributed by atoms with Gasteiger partial charge in [-0.1, -0.05) is 26.0 Å². The predicted octanol–water partition coefficient (Wildman–Crippen LogP) is 6.94. The number of fused-ring (bicyclic) bond motifs is 1. The standard InChI is InChI=1S/C34H42N6O3S.H2S/c1-6-34(16-8-18-42-34)24(3)15-17-35-32-10-7-9-28(39-32)29-14-13-26-21-36-27(20-30(26)38-29)22-37-33(41)25-12-11-23(2)31(19-25)43-44-40(4)5;/h7,9-14,19-21,24H,6,8,15-18,22H2,1-5H3,(H,35,39)(H,37,41);1H2. The third-order valence-corrected chi connectivity index (χ3v) is 8.86. The van der Waals surface area contributed by atoms with Crippen LogP contribution in [0.15, 0.2) is 60.8 Å². The zero-order valence-electron chi connectivity index (χ0n) is 26.7. The summed E-state index contributed by atoms with van der Waals surface area (Å²) >= 11 is 1.21. The number of carbonyl (C=O) groups is 1. The highest BCUT2D eigenvalue weighted by atomic mass is 32.2. The molecule has 1 aromatic carbocycles.